The molecule has 0 radical (unpaired) electrons. The van der Waals surface area contributed by atoms with Crippen LogP contribution in [0.2, 0.25) is 5.02 Å². The van der Waals surface area contributed by atoms with Gasteiger partial charge >= 0.3 is 0 Å². The first-order valence-electron chi connectivity index (χ1n) is 25.9. The molecule has 0 aliphatic carbocycles. The van der Waals surface area contributed by atoms with Gasteiger partial charge in [0, 0.05) is 53.9 Å². The first-order valence-corrected chi connectivity index (χ1v) is 27.2. The molecule has 5 aromatic rings. The fourth-order valence-corrected chi connectivity index (χ4v) is 11.1. The number of benzene rings is 3. The second kappa shape index (κ2) is 25.9. The number of carbonyl (C=O) groups excluding carboxylic acids is 4. The smallest absolute Gasteiger partial charge is 0.265 e. The second-order valence-corrected chi connectivity index (χ2v) is 23.0. The lowest BCUT2D eigenvalue weighted by Gasteiger charge is -2.56. The fraction of sp³-hybridized carbons (Fsp3) is 0.474. The zero-order valence-electron chi connectivity index (χ0n) is 45.5. The van der Waals surface area contributed by atoms with Crippen LogP contribution in [0.25, 0.3) is 21.6 Å². The summed E-state index contributed by atoms with van der Waals surface area (Å²) < 4.78 is 23.4. The van der Waals surface area contributed by atoms with Gasteiger partial charge in [0.2, 0.25) is 17.7 Å². The summed E-state index contributed by atoms with van der Waals surface area (Å²) in [6.07, 6.45) is 4.35. The topological polar surface area (TPSA) is 213 Å². The molecule has 18 nitrogen and oxygen atoms in total. The van der Waals surface area contributed by atoms with Crippen LogP contribution in [-0.4, -0.2) is 143 Å². The van der Waals surface area contributed by atoms with Gasteiger partial charge in [-0.3, -0.25) is 29.5 Å². The van der Waals surface area contributed by atoms with Crippen molar-refractivity contribution in [2.75, 3.05) is 65.8 Å². The summed E-state index contributed by atoms with van der Waals surface area (Å²) in [5, 5.41) is 25.9. The van der Waals surface area contributed by atoms with Gasteiger partial charge in [0.15, 0.2) is 0 Å². The third-order valence-electron chi connectivity index (χ3n) is 13.8. The summed E-state index contributed by atoms with van der Waals surface area (Å²) >= 11 is 8.24. The van der Waals surface area contributed by atoms with Crippen molar-refractivity contribution in [3.05, 3.63) is 112 Å². The summed E-state index contributed by atoms with van der Waals surface area (Å²) in [5.74, 6) is -0.649. The van der Waals surface area contributed by atoms with Crippen LogP contribution in [0.3, 0.4) is 0 Å². The highest BCUT2D eigenvalue weighted by Crippen LogP contribution is 2.37. The number of amides is 4. The van der Waals surface area contributed by atoms with Gasteiger partial charge in [0.25, 0.3) is 5.91 Å². The fourth-order valence-electron chi connectivity index (χ4n) is 10.1. The number of likely N-dealkylation sites (tertiary alicyclic amines) is 1. The number of hydrazine groups is 1. The molecule has 20 heteroatoms. The van der Waals surface area contributed by atoms with E-state index in [-0.39, 0.29) is 59.7 Å². The van der Waals surface area contributed by atoms with Crippen LogP contribution in [-0.2, 0) is 28.6 Å². The minimum absolute atomic E-state index is 0.170. The molecule has 2 fully saturated rings. The van der Waals surface area contributed by atoms with Crippen molar-refractivity contribution in [1.29, 1.82) is 5.26 Å². The number of hydrogen-bond donors (Lipinski definition) is 3. The van der Waals surface area contributed by atoms with Crippen LogP contribution in [0, 0.1) is 23.7 Å². The Labute approximate surface area is 460 Å². The number of piperazine rings is 1. The Kier molecular flexibility index (Phi) is 19.6. The molecule has 410 valence electrons. The molecule has 2 aromatic heterocycles. The molecule has 7 rings (SSSR count). The molecule has 4 amide bonds. The summed E-state index contributed by atoms with van der Waals surface area (Å²) in [5.41, 5.74) is 8.63. The van der Waals surface area contributed by atoms with Gasteiger partial charge in [0.1, 0.15) is 41.8 Å². The predicted octanol–water partition coefficient (Wildman–Crippen LogP) is 8.16. The van der Waals surface area contributed by atoms with Gasteiger partial charge in [-0.1, -0.05) is 68.8 Å². The summed E-state index contributed by atoms with van der Waals surface area (Å²) in [7, 11) is 0. The monoisotopic (exact) mass is 1090 g/mol. The van der Waals surface area contributed by atoms with Crippen LogP contribution < -0.4 is 20.8 Å². The number of nitrogens with one attached hydrogen (secondary N) is 3. The molecule has 2 aliphatic rings. The summed E-state index contributed by atoms with van der Waals surface area (Å²) in [6, 6.07) is 20.3. The lowest BCUT2D eigenvalue weighted by atomic mass is 9.85. The summed E-state index contributed by atoms with van der Waals surface area (Å²) in [6.45, 7) is 21.6. The molecule has 77 heavy (non-hydrogen) atoms. The number of rotatable bonds is 22. The third kappa shape index (κ3) is 15.0. The van der Waals surface area contributed by atoms with Crippen molar-refractivity contribution in [2.24, 2.45) is 5.41 Å². The Morgan fingerprint density at radius 2 is 1.58 bits per heavy atom. The average molecular weight is 1090 g/mol. The van der Waals surface area contributed by atoms with Gasteiger partial charge in [-0.2, -0.15) is 15.5 Å². The largest absolute Gasteiger partial charge is 0.454 e. The highest BCUT2D eigenvalue weighted by atomic mass is 35.5. The molecular formula is C57H71ClN10O8S. The maximum atomic E-state index is 14.1. The molecule has 3 atom stereocenters. The van der Waals surface area contributed by atoms with Crippen molar-refractivity contribution in [3.8, 4) is 39.1 Å². The quantitative estimate of drug-likeness (QED) is 0.0558. The molecule has 3 aromatic carbocycles. The highest BCUT2D eigenvalue weighted by Gasteiger charge is 2.45. The normalized spacial score (nSPS) is 17.3. The van der Waals surface area contributed by atoms with Gasteiger partial charge in [-0.25, -0.2) is 9.99 Å². The van der Waals surface area contributed by atoms with E-state index in [1.165, 1.54) is 0 Å². The van der Waals surface area contributed by atoms with E-state index < -0.39 is 23.4 Å². The van der Waals surface area contributed by atoms with Crippen LogP contribution in [0.1, 0.15) is 101 Å². The van der Waals surface area contributed by atoms with E-state index in [0.717, 1.165) is 27.3 Å². The highest BCUT2D eigenvalue weighted by molar-refractivity contribution is 7.13. The molecule has 0 bridgehead atoms. The number of carbonyl (C=O) groups is 4. The Morgan fingerprint density at radius 3 is 2.22 bits per heavy atom. The molecule has 0 saturated carbocycles. The number of aromatic nitrogens is 3. The number of halogens is 1. The number of aryl methyl sites for hydroxylation is 1. The van der Waals surface area contributed by atoms with E-state index in [4.69, 9.17) is 30.5 Å². The number of nitriles is 1. The number of thiazole rings is 1. The lowest BCUT2D eigenvalue weighted by Crippen LogP contribution is -2.71. The second-order valence-electron chi connectivity index (χ2n) is 21.7. The third-order valence-corrected chi connectivity index (χ3v) is 15.1. The van der Waals surface area contributed by atoms with E-state index in [9.17, 15) is 24.4 Å². The SMILES string of the molecule is Cc1ncsc1-c1ccc([C@H](C)NC(=O)[C@@H]2CCCN2C(=O)[C@@H](NC(=O)COCCOCCOCCN2C(C)(C)CN(NC(=O)c3ccc(Oc4cccc(-c5ccnnc5)c4C#N)c(Cl)c3)CC2(C)C)C(C)(C)C)cc1. The van der Waals surface area contributed by atoms with E-state index >= 15 is 0 Å². The first-order chi connectivity index (χ1) is 36.7. The zero-order valence-corrected chi connectivity index (χ0v) is 47.1. The molecule has 2 saturated heterocycles. The van der Waals surface area contributed by atoms with Gasteiger partial charge in [0.05, 0.1) is 72.6 Å². The van der Waals surface area contributed by atoms with Gasteiger partial charge in [-0.05, 0) is 101 Å². The van der Waals surface area contributed by atoms with Crippen molar-refractivity contribution < 1.29 is 38.1 Å². The van der Waals surface area contributed by atoms with Crippen LogP contribution in [0.15, 0.2) is 84.6 Å². The van der Waals surface area contributed by atoms with E-state index in [1.807, 2.05) is 69.4 Å². The standard InChI is InChI=1S/C57H71ClN10O8S/c1-37(39-15-17-40(18-16-39)50-38(2)60-36-77-50)63-53(71)46-13-11-23-67(46)54(72)51(55(3,4)5)64-49(69)33-75-29-28-74-27-26-73-25-24-68-56(6,7)34-66(35-57(68,8)9)65-52(70)41-19-20-48(45(58)30-41)76-47-14-10-12-43(44(47)31-59)42-21-22-61-62-32-42/h10,12,14-22,30,32,36-37,46,51H,11,13,23-29,33-35H2,1-9H3,(H,63,71)(H,64,69)(H,65,70)/t37-,46-,51+/m0/s1. The Hall–Kier alpha value is -6.37. The number of nitrogens with zero attached hydrogens (tertiary/aromatic N) is 7. The zero-order chi connectivity index (χ0) is 55.5. The maximum Gasteiger partial charge on any atom is 0.265 e. The minimum Gasteiger partial charge on any atom is -0.454 e. The van der Waals surface area contributed by atoms with Crippen LogP contribution >= 0.6 is 22.9 Å². The van der Waals surface area contributed by atoms with Gasteiger partial charge < -0.3 is 34.5 Å². The number of hydrogen-bond acceptors (Lipinski definition) is 15. The Bertz CT molecular complexity index is 2870. The van der Waals surface area contributed by atoms with Crippen LogP contribution in [0.4, 0.5) is 0 Å². The lowest BCUT2D eigenvalue weighted by molar-refractivity contribution is -0.144. The Morgan fingerprint density at radius 1 is 0.883 bits per heavy atom. The molecule has 0 spiro atoms. The molecule has 2 aliphatic heterocycles. The van der Waals surface area contributed by atoms with Crippen molar-refractivity contribution in [1.82, 2.24) is 46.0 Å². The van der Waals surface area contributed by atoms with E-state index in [0.29, 0.717) is 87.0 Å². The van der Waals surface area contributed by atoms with Crippen molar-refractivity contribution in [2.45, 2.75) is 104 Å². The van der Waals surface area contributed by atoms with E-state index in [2.05, 4.69) is 69.9 Å². The Balaban J connectivity index is 0.784. The average Bonchev–Trinajstić information content (AvgIpc) is 4.07. The predicted molar refractivity (Wildman–Crippen MR) is 295 cm³/mol. The first kappa shape index (κ1) is 58.3. The van der Waals surface area contributed by atoms with Crippen LogP contribution in [0.5, 0.6) is 11.5 Å². The van der Waals surface area contributed by atoms with E-state index in [1.54, 1.807) is 71.1 Å². The maximum absolute atomic E-state index is 14.1. The molecule has 0 unspecified atom stereocenters. The summed E-state index contributed by atoms with van der Waals surface area (Å²) in [4.78, 5) is 63.9. The molecule has 3 N–H and O–H groups in total. The molecular weight excluding hydrogens is 1020 g/mol. The van der Waals surface area contributed by atoms with Crippen molar-refractivity contribution in [3.63, 3.8) is 0 Å². The minimum atomic E-state index is -0.867. The van der Waals surface area contributed by atoms with Gasteiger partial charge in [-0.15, -0.1) is 11.3 Å². The number of ether oxygens (including phenoxy) is 4. The molecule has 4 heterocycles. The van der Waals surface area contributed by atoms with Crippen molar-refractivity contribution >= 4 is 46.6 Å².